The molecule has 98 valence electrons. The highest BCUT2D eigenvalue weighted by atomic mass is 79.9. The fraction of sp³-hybridized carbons (Fsp3) is 0.462. The van der Waals surface area contributed by atoms with Crippen LogP contribution in [-0.2, 0) is 4.74 Å². The Hall–Kier alpha value is -0.650. The number of rotatable bonds is 4. The second kappa shape index (κ2) is 5.99. The van der Waals surface area contributed by atoms with E-state index in [0.29, 0.717) is 17.1 Å². The van der Waals surface area contributed by atoms with Crippen molar-refractivity contribution < 1.29 is 4.74 Å². The fourth-order valence-electron chi connectivity index (χ4n) is 2.29. The normalized spacial score (nSPS) is 23.0. The summed E-state index contributed by atoms with van der Waals surface area (Å²) in [7, 11) is 1.78. The van der Waals surface area contributed by atoms with Gasteiger partial charge in [-0.05, 0) is 53.4 Å². The molecule has 0 radical (unpaired) electrons. The van der Waals surface area contributed by atoms with Crippen molar-refractivity contribution in [3.63, 3.8) is 0 Å². The summed E-state index contributed by atoms with van der Waals surface area (Å²) in [5, 5.41) is 3.53. The minimum absolute atomic E-state index is 0.386. The van der Waals surface area contributed by atoms with E-state index in [-0.39, 0.29) is 0 Å². The van der Waals surface area contributed by atoms with Crippen molar-refractivity contribution in [3.8, 4) is 0 Å². The lowest BCUT2D eigenvalue weighted by molar-refractivity contribution is 0.108. The molecule has 1 saturated carbocycles. The molecule has 2 atom stereocenters. The first-order chi connectivity index (χ1) is 8.60. The van der Waals surface area contributed by atoms with Gasteiger partial charge in [-0.3, -0.25) is 0 Å². The number of benzene rings is 1. The third-order valence-corrected chi connectivity index (χ3v) is 4.22. The van der Waals surface area contributed by atoms with Crippen LogP contribution >= 0.6 is 28.1 Å². The van der Waals surface area contributed by atoms with E-state index >= 15 is 0 Å². The van der Waals surface area contributed by atoms with E-state index in [4.69, 9.17) is 22.7 Å². The molecule has 3 N–H and O–H groups in total. The van der Waals surface area contributed by atoms with Crippen LogP contribution in [0.1, 0.15) is 24.8 Å². The zero-order valence-electron chi connectivity index (χ0n) is 10.3. The fourth-order valence-corrected chi connectivity index (χ4v) is 2.91. The van der Waals surface area contributed by atoms with Crippen LogP contribution in [0.4, 0.5) is 5.69 Å². The molecular weight excluding hydrogens is 312 g/mol. The van der Waals surface area contributed by atoms with Gasteiger partial charge in [0.05, 0.1) is 6.10 Å². The Bertz CT molecular complexity index is 453. The largest absolute Gasteiger partial charge is 0.389 e. The first-order valence-corrected chi connectivity index (χ1v) is 7.19. The van der Waals surface area contributed by atoms with Crippen molar-refractivity contribution in [2.45, 2.75) is 31.4 Å². The molecule has 2 unspecified atom stereocenters. The predicted octanol–water partition coefficient (Wildman–Crippen LogP) is 3.06. The molecule has 2 rings (SSSR count). The third-order valence-electron chi connectivity index (χ3n) is 3.33. The van der Waals surface area contributed by atoms with Crippen LogP contribution in [-0.4, -0.2) is 24.2 Å². The molecule has 0 saturated heterocycles. The van der Waals surface area contributed by atoms with Gasteiger partial charge >= 0.3 is 0 Å². The summed E-state index contributed by atoms with van der Waals surface area (Å²) in [5.74, 6) is 0. The smallest absolute Gasteiger partial charge is 0.104 e. The molecule has 0 amide bonds. The maximum Gasteiger partial charge on any atom is 0.104 e. The number of halogens is 1. The molecule has 0 aliphatic heterocycles. The molecule has 1 aliphatic carbocycles. The van der Waals surface area contributed by atoms with E-state index in [1.807, 2.05) is 18.2 Å². The molecular formula is C13H17BrN2OS. The molecule has 1 aliphatic rings. The number of thiocarbonyl (C=S) groups is 1. The van der Waals surface area contributed by atoms with Crippen molar-refractivity contribution in [1.82, 2.24) is 0 Å². The Morgan fingerprint density at radius 1 is 1.50 bits per heavy atom. The molecule has 0 spiro atoms. The topological polar surface area (TPSA) is 47.3 Å². The zero-order valence-corrected chi connectivity index (χ0v) is 12.7. The third kappa shape index (κ3) is 3.22. The minimum atomic E-state index is 0.386. The SMILES string of the molecule is COC1CCC(Nc2ccc(C(N)=S)cc2Br)C1. The molecule has 0 aromatic heterocycles. The standard InChI is InChI=1S/C13H17BrN2OS/c1-17-10-4-3-9(7-10)16-12-5-2-8(13(15)18)6-11(12)14/h2,5-6,9-10,16H,3-4,7H2,1H3,(H2,15,18). The lowest BCUT2D eigenvalue weighted by Gasteiger charge is -2.16. The number of nitrogens with one attached hydrogen (secondary N) is 1. The number of nitrogens with two attached hydrogens (primary N) is 1. The summed E-state index contributed by atoms with van der Waals surface area (Å²) in [6.07, 6.45) is 3.70. The van der Waals surface area contributed by atoms with Gasteiger partial charge in [0.2, 0.25) is 0 Å². The number of anilines is 1. The van der Waals surface area contributed by atoms with Crippen LogP contribution in [0.25, 0.3) is 0 Å². The Kier molecular flexibility index (Phi) is 4.59. The maximum absolute atomic E-state index is 5.61. The van der Waals surface area contributed by atoms with Crippen molar-refractivity contribution in [2.75, 3.05) is 12.4 Å². The Labute approximate surface area is 121 Å². The van der Waals surface area contributed by atoms with E-state index in [2.05, 4.69) is 21.2 Å². The van der Waals surface area contributed by atoms with Crippen molar-refractivity contribution in [1.29, 1.82) is 0 Å². The van der Waals surface area contributed by atoms with Crippen LogP contribution in [0.2, 0.25) is 0 Å². The first-order valence-electron chi connectivity index (χ1n) is 5.99. The number of methoxy groups -OCH3 is 1. The molecule has 0 bridgehead atoms. The Balaban J connectivity index is 2.04. The summed E-state index contributed by atoms with van der Waals surface area (Å²) >= 11 is 8.51. The molecule has 0 heterocycles. The van der Waals surface area contributed by atoms with Gasteiger partial charge in [0, 0.05) is 28.9 Å². The maximum atomic E-state index is 5.61. The van der Waals surface area contributed by atoms with Crippen molar-refractivity contribution in [3.05, 3.63) is 28.2 Å². The molecule has 5 heteroatoms. The van der Waals surface area contributed by atoms with Crippen LogP contribution in [0, 0.1) is 0 Å². The van der Waals surface area contributed by atoms with Crippen molar-refractivity contribution >= 4 is 38.8 Å². The number of hydrogen-bond acceptors (Lipinski definition) is 3. The van der Waals surface area contributed by atoms with Gasteiger partial charge in [-0.15, -0.1) is 0 Å². The predicted molar refractivity (Wildman–Crippen MR) is 82.1 cm³/mol. The monoisotopic (exact) mass is 328 g/mol. The zero-order chi connectivity index (χ0) is 13.1. The minimum Gasteiger partial charge on any atom is -0.389 e. The Morgan fingerprint density at radius 3 is 2.83 bits per heavy atom. The van der Waals surface area contributed by atoms with E-state index in [1.54, 1.807) is 7.11 Å². The summed E-state index contributed by atoms with van der Waals surface area (Å²) in [6.45, 7) is 0. The van der Waals surface area contributed by atoms with Crippen LogP contribution in [0.15, 0.2) is 22.7 Å². The summed E-state index contributed by atoms with van der Waals surface area (Å²) in [6, 6.07) is 6.38. The highest BCUT2D eigenvalue weighted by molar-refractivity contribution is 9.10. The first kappa shape index (κ1) is 13.8. The quantitative estimate of drug-likeness (QED) is 0.834. The number of hydrogen-bond donors (Lipinski definition) is 2. The van der Waals surface area contributed by atoms with E-state index in [9.17, 15) is 0 Å². The molecule has 3 nitrogen and oxygen atoms in total. The van der Waals surface area contributed by atoms with Crippen LogP contribution in [0.3, 0.4) is 0 Å². The van der Waals surface area contributed by atoms with E-state index in [1.165, 1.54) is 0 Å². The average molecular weight is 329 g/mol. The van der Waals surface area contributed by atoms with Crippen LogP contribution in [0.5, 0.6) is 0 Å². The molecule has 1 aromatic rings. The number of ether oxygens (including phenoxy) is 1. The highest BCUT2D eigenvalue weighted by Crippen LogP contribution is 2.29. The van der Waals surface area contributed by atoms with E-state index in [0.717, 1.165) is 35.0 Å². The lowest BCUT2D eigenvalue weighted by atomic mass is 10.2. The summed E-state index contributed by atoms with van der Waals surface area (Å²) in [5.41, 5.74) is 7.56. The molecule has 1 aromatic carbocycles. The van der Waals surface area contributed by atoms with Gasteiger partial charge in [-0.1, -0.05) is 12.2 Å². The lowest BCUT2D eigenvalue weighted by Crippen LogP contribution is -2.18. The summed E-state index contributed by atoms with van der Waals surface area (Å²) < 4.78 is 6.37. The van der Waals surface area contributed by atoms with Gasteiger partial charge in [0.25, 0.3) is 0 Å². The van der Waals surface area contributed by atoms with Crippen LogP contribution < -0.4 is 11.1 Å². The highest BCUT2D eigenvalue weighted by Gasteiger charge is 2.24. The Morgan fingerprint density at radius 2 is 2.28 bits per heavy atom. The van der Waals surface area contributed by atoms with Gasteiger partial charge in [0.15, 0.2) is 0 Å². The van der Waals surface area contributed by atoms with E-state index < -0.39 is 0 Å². The summed E-state index contributed by atoms with van der Waals surface area (Å²) in [4.78, 5) is 0.419. The average Bonchev–Trinajstić information content (AvgIpc) is 2.79. The second-order valence-corrected chi connectivity index (χ2v) is 5.87. The van der Waals surface area contributed by atoms with Gasteiger partial charge in [-0.2, -0.15) is 0 Å². The van der Waals surface area contributed by atoms with Gasteiger partial charge in [-0.25, -0.2) is 0 Å². The second-order valence-electron chi connectivity index (χ2n) is 4.57. The molecule has 18 heavy (non-hydrogen) atoms. The van der Waals surface area contributed by atoms with Gasteiger partial charge < -0.3 is 15.8 Å². The molecule has 1 fully saturated rings. The van der Waals surface area contributed by atoms with Crippen molar-refractivity contribution in [2.24, 2.45) is 5.73 Å². The van der Waals surface area contributed by atoms with Gasteiger partial charge in [0.1, 0.15) is 4.99 Å².